The van der Waals surface area contributed by atoms with E-state index in [1.807, 2.05) is 0 Å². The molecule has 17 heavy (non-hydrogen) atoms. The summed E-state index contributed by atoms with van der Waals surface area (Å²) in [5.74, 6) is -0.982. The molecule has 3 nitrogen and oxygen atoms in total. The standard InChI is InChI=1S/C13H16FNO2/c14-10-6-2-1-5-9(10)13(17)15-11-7-3-4-8-12(11)16/h1-2,5-6,11-12,16H,3-4,7-8H2,(H,15,17)/t11-,12-/m1/s1. The molecule has 0 aromatic heterocycles. The number of aliphatic hydroxyl groups is 1. The zero-order chi connectivity index (χ0) is 12.3. The Morgan fingerprint density at radius 3 is 2.71 bits per heavy atom. The van der Waals surface area contributed by atoms with Crippen LogP contribution in [0.25, 0.3) is 0 Å². The van der Waals surface area contributed by atoms with E-state index in [9.17, 15) is 14.3 Å². The summed E-state index contributed by atoms with van der Waals surface area (Å²) in [6.45, 7) is 0. The van der Waals surface area contributed by atoms with E-state index in [1.165, 1.54) is 12.1 Å². The first-order valence-corrected chi connectivity index (χ1v) is 5.92. The quantitative estimate of drug-likeness (QED) is 0.824. The van der Waals surface area contributed by atoms with Gasteiger partial charge < -0.3 is 10.4 Å². The van der Waals surface area contributed by atoms with Gasteiger partial charge in [0, 0.05) is 0 Å². The lowest BCUT2D eigenvalue weighted by Gasteiger charge is -2.28. The molecule has 2 N–H and O–H groups in total. The van der Waals surface area contributed by atoms with Crippen LogP contribution in [0.4, 0.5) is 4.39 Å². The maximum atomic E-state index is 13.4. The van der Waals surface area contributed by atoms with Crippen LogP contribution in [0.1, 0.15) is 36.0 Å². The maximum Gasteiger partial charge on any atom is 0.254 e. The summed E-state index contributed by atoms with van der Waals surface area (Å²) >= 11 is 0. The monoisotopic (exact) mass is 237 g/mol. The van der Waals surface area contributed by atoms with Crippen molar-refractivity contribution in [2.24, 2.45) is 0 Å². The molecular weight excluding hydrogens is 221 g/mol. The van der Waals surface area contributed by atoms with Gasteiger partial charge in [-0.25, -0.2) is 4.39 Å². The number of aliphatic hydroxyl groups excluding tert-OH is 1. The Kier molecular flexibility index (Phi) is 3.74. The molecule has 0 heterocycles. The summed E-state index contributed by atoms with van der Waals surface area (Å²) < 4.78 is 13.4. The molecule has 2 atom stereocenters. The molecule has 0 spiro atoms. The Hall–Kier alpha value is -1.42. The molecular formula is C13H16FNO2. The Bertz CT molecular complexity index is 408. The van der Waals surface area contributed by atoms with Crippen molar-refractivity contribution in [3.8, 4) is 0 Å². The van der Waals surface area contributed by atoms with Gasteiger partial charge in [0.1, 0.15) is 5.82 Å². The molecule has 1 aliphatic carbocycles. The first-order valence-electron chi connectivity index (χ1n) is 5.92. The molecule has 1 amide bonds. The van der Waals surface area contributed by atoms with E-state index in [0.29, 0.717) is 6.42 Å². The van der Waals surface area contributed by atoms with Crippen LogP contribution in [-0.2, 0) is 0 Å². The number of amides is 1. The van der Waals surface area contributed by atoms with E-state index in [2.05, 4.69) is 5.32 Å². The number of carbonyl (C=O) groups is 1. The number of carbonyl (C=O) groups excluding carboxylic acids is 1. The van der Waals surface area contributed by atoms with Gasteiger partial charge in [0.25, 0.3) is 5.91 Å². The molecule has 1 aromatic carbocycles. The Labute approximate surface area is 99.7 Å². The number of hydrogen-bond acceptors (Lipinski definition) is 2. The minimum absolute atomic E-state index is 0.0327. The van der Waals surface area contributed by atoms with Gasteiger partial charge in [0.05, 0.1) is 17.7 Å². The summed E-state index contributed by atoms with van der Waals surface area (Å²) in [4.78, 5) is 11.8. The van der Waals surface area contributed by atoms with Crippen molar-refractivity contribution in [2.45, 2.75) is 37.8 Å². The Morgan fingerprint density at radius 2 is 2.00 bits per heavy atom. The third-order valence-corrected chi connectivity index (χ3v) is 3.16. The van der Waals surface area contributed by atoms with Crippen molar-refractivity contribution < 1.29 is 14.3 Å². The predicted molar refractivity (Wildman–Crippen MR) is 62.1 cm³/mol. The maximum absolute atomic E-state index is 13.4. The molecule has 0 aliphatic heterocycles. The molecule has 0 bridgehead atoms. The predicted octanol–water partition coefficient (Wildman–Crippen LogP) is 1.86. The summed E-state index contributed by atoms with van der Waals surface area (Å²) in [7, 11) is 0. The summed E-state index contributed by atoms with van der Waals surface area (Å²) in [5, 5.41) is 12.4. The normalized spacial score (nSPS) is 24.4. The molecule has 2 rings (SSSR count). The second-order valence-corrected chi connectivity index (χ2v) is 4.41. The van der Waals surface area contributed by atoms with Gasteiger partial charge >= 0.3 is 0 Å². The molecule has 0 radical (unpaired) electrons. The Morgan fingerprint density at radius 1 is 1.29 bits per heavy atom. The molecule has 1 fully saturated rings. The summed E-state index contributed by atoms with van der Waals surface area (Å²) in [6, 6.07) is 5.61. The molecule has 1 aromatic rings. The van der Waals surface area contributed by atoms with Crippen LogP contribution in [0.15, 0.2) is 24.3 Å². The van der Waals surface area contributed by atoms with E-state index < -0.39 is 17.8 Å². The van der Waals surface area contributed by atoms with E-state index in [1.54, 1.807) is 12.1 Å². The van der Waals surface area contributed by atoms with Crippen molar-refractivity contribution in [1.82, 2.24) is 5.32 Å². The van der Waals surface area contributed by atoms with E-state index >= 15 is 0 Å². The highest BCUT2D eigenvalue weighted by atomic mass is 19.1. The first-order chi connectivity index (χ1) is 8.18. The van der Waals surface area contributed by atoms with Crippen LogP contribution in [0.5, 0.6) is 0 Å². The lowest BCUT2D eigenvalue weighted by molar-refractivity contribution is 0.0714. The molecule has 92 valence electrons. The van der Waals surface area contributed by atoms with Crippen LogP contribution in [0.3, 0.4) is 0 Å². The van der Waals surface area contributed by atoms with Gasteiger partial charge in [-0.1, -0.05) is 25.0 Å². The van der Waals surface area contributed by atoms with Crippen molar-refractivity contribution in [2.75, 3.05) is 0 Å². The van der Waals surface area contributed by atoms with E-state index in [0.717, 1.165) is 19.3 Å². The lowest BCUT2D eigenvalue weighted by Crippen LogP contribution is -2.45. The second-order valence-electron chi connectivity index (χ2n) is 4.41. The van der Waals surface area contributed by atoms with Crippen LogP contribution in [0.2, 0.25) is 0 Å². The highest BCUT2D eigenvalue weighted by Gasteiger charge is 2.25. The van der Waals surface area contributed by atoms with Crippen LogP contribution < -0.4 is 5.32 Å². The van der Waals surface area contributed by atoms with E-state index in [4.69, 9.17) is 0 Å². The SMILES string of the molecule is O=C(N[C@@H]1CCCC[C@H]1O)c1ccccc1F. The van der Waals surface area contributed by atoms with Crippen molar-refractivity contribution in [3.05, 3.63) is 35.6 Å². The van der Waals surface area contributed by atoms with Gasteiger partial charge in [-0.15, -0.1) is 0 Å². The highest BCUT2D eigenvalue weighted by molar-refractivity contribution is 5.94. The zero-order valence-electron chi connectivity index (χ0n) is 9.53. The fourth-order valence-electron chi connectivity index (χ4n) is 2.17. The summed E-state index contributed by atoms with van der Waals surface area (Å²) in [6.07, 6.45) is 2.90. The minimum atomic E-state index is -0.532. The number of rotatable bonds is 2. The fraction of sp³-hybridized carbons (Fsp3) is 0.462. The molecule has 0 unspecified atom stereocenters. The largest absolute Gasteiger partial charge is 0.391 e. The van der Waals surface area contributed by atoms with Crippen LogP contribution in [-0.4, -0.2) is 23.2 Å². The van der Waals surface area contributed by atoms with Crippen LogP contribution >= 0.6 is 0 Å². The Balaban J connectivity index is 2.04. The average molecular weight is 237 g/mol. The minimum Gasteiger partial charge on any atom is -0.391 e. The topological polar surface area (TPSA) is 49.3 Å². The molecule has 1 aliphatic rings. The lowest BCUT2D eigenvalue weighted by atomic mass is 9.92. The van der Waals surface area contributed by atoms with Gasteiger partial charge in [-0.2, -0.15) is 0 Å². The highest BCUT2D eigenvalue weighted by Crippen LogP contribution is 2.19. The van der Waals surface area contributed by atoms with Crippen LogP contribution in [0, 0.1) is 5.82 Å². The fourth-order valence-corrected chi connectivity index (χ4v) is 2.17. The second kappa shape index (κ2) is 5.27. The van der Waals surface area contributed by atoms with Gasteiger partial charge in [-0.3, -0.25) is 4.79 Å². The molecule has 0 saturated heterocycles. The number of halogens is 1. The number of nitrogens with one attached hydrogen (secondary N) is 1. The smallest absolute Gasteiger partial charge is 0.254 e. The van der Waals surface area contributed by atoms with Crippen molar-refractivity contribution in [3.63, 3.8) is 0 Å². The van der Waals surface area contributed by atoms with Gasteiger partial charge in [0.15, 0.2) is 0 Å². The molecule has 1 saturated carbocycles. The zero-order valence-corrected chi connectivity index (χ0v) is 9.53. The third kappa shape index (κ3) is 2.82. The number of benzene rings is 1. The molecule has 4 heteroatoms. The van der Waals surface area contributed by atoms with Gasteiger partial charge in [-0.05, 0) is 25.0 Å². The first kappa shape index (κ1) is 12.0. The summed E-state index contributed by atoms with van der Waals surface area (Å²) in [5.41, 5.74) is 0.0327. The van der Waals surface area contributed by atoms with Crippen molar-refractivity contribution in [1.29, 1.82) is 0 Å². The van der Waals surface area contributed by atoms with E-state index in [-0.39, 0.29) is 11.6 Å². The average Bonchev–Trinajstić information content (AvgIpc) is 2.32. The third-order valence-electron chi connectivity index (χ3n) is 3.16. The van der Waals surface area contributed by atoms with Crippen molar-refractivity contribution >= 4 is 5.91 Å². The van der Waals surface area contributed by atoms with Gasteiger partial charge in [0.2, 0.25) is 0 Å². The number of hydrogen-bond donors (Lipinski definition) is 2.